The molecule has 1 aliphatic heterocycles. The fraction of sp³-hybridized carbons (Fsp3) is 0.345. The van der Waals surface area contributed by atoms with Gasteiger partial charge >= 0.3 is 6.09 Å². The second kappa shape index (κ2) is 10.7. The van der Waals surface area contributed by atoms with Crippen LogP contribution in [0.15, 0.2) is 55.4 Å². The van der Waals surface area contributed by atoms with Gasteiger partial charge in [0.2, 0.25) is 5.95 Å². The number of benzene rings is 1. The zero-order valence-electron chi connectivity index (χ0n) is 24.1. The number of hydrogen-bond donors (Lipinski definition) is 1. The molecule has 1 aliphatic rings. The summed E-state index contributed by atoms with van der Waals surface area (Å²) >= 11 is 0. The van der Waals surface area contributed by atoms with E-state index < -0.39 is 5.60 Å². The average molecular weight is 569 g/mol. The van der Waals surface area contributed by atoms with Gasteiger partial charge in [-0.2, -0.15) is 5.10 Å². The Morgan fingerprint density at radius 1 is 1.05 bits per heavy atom. The number of carbonyl (C=O) groups is 1. The van der Waals surface area contributed by atoms with Crippen molar-refractivity contribution in [3.63, 3.8) is 0 Å². The molecule has 1 N–H and O–H groups in total. The highest BCUT2D eigenvalue weighted by atomic mass is 16.6. The molecule has 1 atom stereocenters. The van der Waals surface area contributed by atoms with Gasteiger partial charge in [-0.1, -0.05) is 0 Å². The molecule has 0 radical (unpaired) electrons. The van der Waals surface area contributed by atoms with Gasteiger partial charge < -0.3 is 24.6 Å². The lowest BCUT2D eigenvalue weighted by molar-refractivity contribution is 0.0218. The monoisotopic (exact) mass is 568 g/mol. The van der Waals surface area contributed by atoms with Crippen LogP contribution >= 0.6 is 0 Å². The first-order valence-electron chi connectivity index (χ1n) is 13.7. The third-order valence-electron chi connectivity index (χ3n) is 6.82. The molecule has 6 rings (SSSR count). The summed E-state index contributed by atoms with van der Waals surface area (Å²) in [6.07, 6.45) is 6.19. The van der Waals surface area contributed by atoms with E-state index >= 15 is 0 Å². The van der Waals surface area contributed by atoms with Gasteiger partial charge in [0.15, 0.2) is 11.5 Å². The lowest BCUT2D eigenvalue weighted by atomic mass is 10.2. The number of fused-ring (bicyclic) bond motifs is 2. The number of amides is 1. The number of rotatable bonds is 5. The molecule has 13 nitrogen and oxygen atoms in total. The Labute approximate surface area is 242 Å². The standard InChI is InChI=1S/C29H32N10O3/c1-18-12-20(6-7-23(18)41-21-8-9-39-24(13-21)32-17-34-39)35-26-25-22(31-16-33-26)14-30-27(36-25)38-11-10-37(15-19(38)2)28(40)42-29(3,4)5/h6-9,12-14,16-17,19H,10-11,15H2,1-5H3,(H,31,33,35)/t19-/m0/s1. The van der Waals surface area contributed by atoms with Crippen LogP contribution in [0.25, 0.3) is 16.7 Å². The molecular weight excluding hydrogens is 536 g/mol. The van der Waals surface area contributed by atoms with Crippen LogP contribution in [0, 0.1) is 6.92 Å². The Morgan fingerprint density at radius 2 is 1.90 bits per heavy atom. The van der Waals surface area contributed by atoms with Crippen molar-refractivity contribution in [3.8, 4) is 11.5 Å². The molecule has 1 amide bonds. The first kappa shape index (κ1) is 27.1. The highest BCUT2D eigenvalue weighted by Crippen LogP contribution is 2.30. The van der Waals surface area contributed by atoms with Crippen LogP contribution in [0.5, 0.6) is 11.5 Å². The molecule has 13 heteroatoms. The zero-order chi connectivity index (χ0) is 29.4. The SMILES string of the molecule is Cc1cc(Nc2ncnc3cnc(N4CCN(C(=O)OC(C)(C)C)C[C@@H]4C)nc23)ccc1Oc1ccn2ncnc2c1. The van der Waals surface area contributed by atoms with E-state index in [-0.39, 0.29) is 12.1 Å². The normalized spacial score (nSPS) is 15.7. The van der Waals surface area contributed by atoms with Crippen molar-refractivity contribution in [1.82, 2.24) is 39.4 Å². The van der Waals surface area contributed by atoms with Gasteiger partial charge in [0.1, 0.15) is 40.8 Å². The van der Waals surface area contributed by atoms with E-state index in [0.29, 0.717) is 53.8 Å². The summed E-state index contributed by atoms with van der Waals surface area (Å²) in [7, 11) is 0. The van der Waals surface area contributed by atoms with Gasteiger partial charge in [-0.05, 0) is 64.4 Å². The number of anilines is 3. The van der Waals surface area contributed by atoms with Gasteiger partial charge in [-0.25, -0.2) is 34.2 Å². The van der Waals surface area contributed by atoms with Crippen LogP contribution in [0.3, 0.4) is 0 Å². The van der Waals surface area contributed by atoms with Gasteiger partial charge in [-0.3, -0.25) is 0 Å². The summed E-state index contributed by atoms with van der Waals surface area (Å²) < 4.78 is 13.3. The molecule has 0 aliphatic carbocycles. The molecule has 4 aromatic heterocycles. The fourth-order valence-electron chi connectivity index (χ4n) is 4.79. The molecule has 1 aromatic carbocycles. The molecule has 1 fully saturated rings. The van der Waals surface area contributed by atoms with Crippen molar-refractivity contribution in [3.05, 3.63) is 60.9 Å². The van der Waals surface area contributed by atoms with Crippen molar-refractivity contribution in [1.29, 1.82) is 0 Å². The zero-order valence-corrected chi connectivity index (χ0v) is 24.1. The average Bonchev–Trinajstić information content (AvgIpc) is 3.42. The highest BCUT2D eigenvalue weighted by Gasteiger charge is 2.31. The quantitative estimate of drug-likeness (QED) is 0.314. The van der Waals surface area contributed by atoms with Crippen molar-refractivity contribution in [2.24, 2.45) is 0 Å². The van der Waals surface area contributed by atoms with E-state index in [4.69, 9.17) is 14.5 Å². The Balaban J connectivity index is 1.19. The molecule has 5 heterocycles. The lowest BCUT2D eigenvalue weighted by Gasteiger charge is -2.40. The predicted octanol–water partition coefficient (Wildman–Crippen LogP) is 4.75. The van der Waals surface area contributed by atoms with E-state index in [2.05, 4.69) is 35.3 Å². The van der Waals surface area contributed by atoms with Gasteiger partial charge in [0, 0.05) is 43.6 Å². The molecular formula is C29H32N10O3. The Morgan fingerprint density at radius 3 is 2.69 bits per heavy atom. The second-order valence-corrected chi connectivity index (χ2v) is 11.2. The Hall–Kier alpha value is -5.07. The molecule has 1 saturated heterocycles. The third-order valence-corrected chi connectivity index (χ3v) is 6.82. The van der Waals surface area contributed by atoms with E-state index in [9.17, 15) is 4.79 Å². The van der Waals surface area contributed by atoms with Gasteiger partial charge in [-0.15, -0.1) is 0 Å². The summed E-state index contributed by atoms with van der Waals surface area (Å²) in [6.45, 7) is 11.2. The molecule has 0 saturated carbocycles. The molecule has 0 bridgehead atoms. The van der Waals surface area contributed by atoms with Crippen LogP contribution in [-0.4, -0.2) is 76.8 Å². The number of pyridine rings is 1. The smallest absolute Gasteiger partial charge is 0.410 e. The minimum absolute atomic E-state index is 0.00887. The lowest BCUT2D eigenvalue weighted by Crippen LogP contribution is -2.55. The van der Waals surface area contributed by atoms with Crippen LogP contribution < -0.4 is 15.0 Å². The summed E-state index contributed by atoms with van der Waals surface area (Å²) in [6, 6.07) is 9.48. The molecule has 5 aromatic rings. The molecule has 0 spiro atoms. The first-order chi connectivity index (χ1) is 20.1. The summed E-state index contributed by atoms with van der Waals surface area (Å²) in [5.41, 5.74) is 3.15. The first-order valence-corrected chi connectivity index (χ1v) is 13.7. The number of nitrogens with zero attached hydrogens (tertiary/aromatic N) is 9. The predicted molar refractivity (Wildman–Crippen MR) is 157 cm³/mol. The van der Waals surface area contributed by atoms with Crippen LogP contribution in [0.4, 0.5) is 22.2 Å². The summed E-state index contributed by atoms with van der Waals surface area (Å²) in [4.78, 5) is 38.9. The van der Waals surface area contributed by atoms with E-state index in [0.717, 1.165) is 17.0 Å². The number of ether oxygens (including phenoxy) is 2. The van der Waals surface area contributed by atoms with Gasteiger partial charge in [0.05, 0.1) is 6.20 Å². The Kier molecular flexibility index (Phi) is 6.93. The minimum Gasteiger partial charge on any atom is -0.457 e. The maximum atomic E-state index is 12.6. The number of nitrogens with one attached hydrogen (secondary N) is 1. The largest absolute Gasteiger partial charge is 0.457 e. The number of aromatic nitrogens is 7. The maximum Gasteiger partial charge on any atom is 0.410 e. The fourth-order valence-corrected chi connectivity index (χ4v) is 4.79. The minimum atomic E-state index is -0.540. The van der Waals surface area contributed by atoms with Crippen molar-refractivity contribution in [2.75, 3.05) is 29.9 Å². The topological polar surface area (TPSA) is 136 Å². The van der Waals surface area contributed by atoms with Crippen LogP contribution in [0.2, 0.25) is 0 Å². The number of carbonyl (C=O) groups excluding carboxylic acids is 1. The van der Waals surface area contributed by atoms with Crippen molar-refractivity contribution >= 4 is 40.2 Å². The Bertz CT molecular complexity index is 1770. The molecule has 216 valence electrons. The van der Waals surface area contributed by atoms with E-state index in [1.165, 1.54) is 12.7 Å². The van der Waals surface area contributed by atoms with Gasteiger partial charge in [0.25, 0.3) is 0 Å². The van der Waals surface area contributed by atoms with Crippen molar-refractivity contribution in [2.45, 2.75) is 46.3 Å². The third kappa shape index (κ3) is 5.71. The maximum absolute atomic E-state index is 12.6. The number of aryl methyl sites for hydroxylation is 1. The highest BCUT2D eigenvalue weighted by molar-refractivity contribution is 5.87. The summed E-state index contributed by atoms with van der Waals surface area (Å²) in [5.74, 6) is 2.52. The second-order valence-electron chi connectivity index (χ2n) is 11.2. The molecule has 0 unspecified atom stereocenters. The van der Waals surface area contributed by atoms with Crippen molar-refractivity contribution < 1.29 is 14.3 Å². The molecule has 42 heavy (non-hydrogen) atoms. The van der Waals surface area contributed by atoms with Crippen LogP contribution in [-0.2, 0) is 4.74 Å². The van der Waals surface area contributed by atoms with E-state index in [1.54, 1.807) is 21.8 Å². The number of hydrogen-bond acceptors (Lipinski definition) is 11. The van der Waals surface area contributed by atoms with E-state index in [1.807, 2.05) is 65.0 Å². The summed E-state index contributed by atoms with van der Waals surface area (Å²) in [5, 5.41) is 7.49. The van der Waals surface area contributed by atoms with Crippen LogP contribution in [0.1, 0.15) is 33.3 Å². The number of piperazine rings is 1.